The van der Waals surface area contributed by atoms with Gasteiger partial charge in [0.25, 0.3) is 0 Å². The smallest absolute Gasteiger partial charge is 0.338 e. The number of furan rings is 1. The van der Waals surface area contributed by atoms with E-state index >= 15 is 0 Å². The number of anilines is 2. The summed E-state index contributed by atoms with van der Waals surface area (Å²) in [6.45, 7) is 3.50. The monoisotopic (exact) mass is 661 g/mol. The number of ether oxygens (including phenoxy) is 2. The van der Waals surface area contributed by atoms with Gasteiger partial charge in [0.15, 0.2) is 0 Å². The molecule has 0 radical (unpaired) electrons. The van der Waals surface area contributed by atoms with Crippen LogP contribution in [-0.2, 0) is 30.4 Å². The lowest BCUT2D eigenvalue weighted by atomic mass is 9.87. The van der Waals surface area contributed by atoms with E-state index in [9.17, 15) is 28.8 Å². The van der Waals surface area contributed by atoms with E-state index in [2.05, 4.69) is 5.32 Å². The first-order chi connectivity index (χ1) is 22.2. The second-order valence-corrected chi connectivity index (χ2v) is 12.4. The molecule has 2 aromatic heterocycles. The Hall–Kier alpha value is -4.95. The van der Waals surface area contributed by atoms with Crippen LogP contribution in [0.3, 0.4) is 0 Å². The van der Waals surface area contributed by atoms with Crippen molar-refractivity contribution in [1.82, 2.24) is 4.57 Å². The fourth-order valence-electron chi connectivity index (χ4n) is 5.49. The number of nitrogens with one attached hydrogen (secondary N) is 1. The van der Waals surface area contributed by atoms with Crippen molar-refractivity contribution in [3.8, 4) is 0 Å². The second-order valence-electron chi connectivity index (χ2n) is 10.3. The Morgan fingerprint density at radius 2 is 1.50 bits per heavy atom. The predicted molar refractivity (Wildman–Crippen MR) is 168 cm³/mol. The molecule has 2 unspecified atom stereocenters. The van der Waals surface area contributed by atoms with E-state index in [-0.39, 0.29) is 25.3 Å². The van der Waals surface area contributed by atoms with Crippen LogP contribution in [0.1, 0.15) is 51.1 Å². The number of carbonyl (C=O) groups is 5. The average Bonchev–Trinajstić information content (AvgIpc) is 3.75. The summed E-state index contributed by atoms with van der Waals surface area (Å²) < 4.78 is 17.0. The van der Waals surface area contributed by atoms with Gasteiger partial charge >= 0.3 is 16.8 Å². The lowest BCUT2D eigenvalue weighted by Crippen LogP contribution is -2.32. The molecule has 4 heterocycles. The fourth-order valence-corrected chi connectivity index (χ4v) is 8.25. The van der Waals surface area contributed by atoms with Gasteiger partial charge in [0, 0.05) is 5.69 Å². The number of fused-ring (bicyclic) bond motifs is 2. The van der Waals surface area contributed by atoms with Crippen LogP contribution in [0, 0.1) is 5.92 Å². The third-order valence-corrected chi connectivity index (χ3v) is 10.1. The van der Waals surface area contributed by atoms with Crippen LogP contribution >= 0.6 is 23.1 Å². The van der Waals surface area contributed by atoms with Crippen molar-refractivity contribution in [2.24, 2.45) is 5.92 Å². The Bertz CT molecular complexity index is 1880. The molecule has 1 saturated heterocycles. The van der Waals surface area contributed by atoms with Gasteiger partial charge in [-0.25, -0.2) is 14.5 Å². The molecule has 0 aliphatic carbocycles. The van der Waals surface area contributed by atoms with Crippen LogP contribution in [-0.4, -0.2) is 52.7 Å². The third kappa shape index (κ3) is 5.65. The largest absolute Gasteiger partial charge is 0.469 e. The maximum absolute atomic E-state index is 13.9. The molecular weight excluding hydrogens is 634 g/mol. The summed E-state index contributed by atoms with van der Waals surface area (Å²) in [5, 5.41) is 2.23. The van der Waals surface area contributed by atoms with Crippen LogP contribution in [0.15, 0.2) is 81.2 Å². The van der Waals surface area contributed by atoms with Gasteiger partial charge in [-0.2, -0.15) is 0 Å². The zero-order valence-electron chi connectivity index (χ0n) is 24.6. The highest BCUT2D eigenvalue weighted by atomic mass is 32.2. The summed E-state index contributed by atoms with van der Waals surface area (Å²) >= 11 is 1.98. The molecule has 1 N–H and O–H groups in total. The number of hydrogen-bond acceptors (Lipinski definition) is 11. The number of hydrogen-bond donors (Lipinski definition) is 1. The van der Waals surface area contributed by atoms with Crippen LogP contribution in [0.5, 0.6) is 0 Å². The molecule has 0 bridgehead atoms. The SMILES string of the molecule is CCOC(=O)c1ccc(NC(=O)Cn2c3c(sc2=O)[C@H](c2ccco2)C2C(=O)N(c4ccc(C(=O)OCC)cc4)C(=O)C2S3)cc1. The van der Waals surface area contributed by atoms with Crippen molar-refractivity contribution < 1.29 is 37.9 Å². The molecule has 0 spiro atoms. The number of benzene rings is 2. The minimum atomic E-state index is -0.904. The number of esters is 2. The summed E-state index contributed by atoms with van der Waals surface area (Å²) in [4.78, 5) is 79.4. The van der Waals surface area contributed by atoms with Gasteiger partial charge in [-0.3, -0.25) is 23.7 Å². The van der Waals surface area contributed by atoms with E-state index in [1.807, 2.05) is 0 Å². The topological polar surface area (TPSA) is 154 Å². The summed E-state index contributed by atoms with van der Waals surface area (Å²) in [6, 6.07) is 15.5. The number of thioether (sulfide) groups is 1. The van der Waals surface area contributed by atoms with Gasteiger partial charge in [0.05, 0.1) is 58.0 Å². The maximum Gasteiger partial charge on any atom is 0.338 e. The van der Waals surface area contributed by atoms with Gasteiger partial charge in [0.1, 0.15) is 17.6 Å². The lowest BCUT2D eigenvalue weighted by Gasteiger charge is -2.29. The first-order valence-electron chi connectivity index (χ1n) is 14.4. The normalized spacial score (nSPS) is 18.6. The predicted octanol–water partition coefficient (Wildman–Crippen LogP) is 4.29. The summed E-state index contributed by atoms with van der Waals surface area (Å²) in [7, 11) is 0. The molecule has 14 heteroatoms. The number of aromatic nitrogens is 1. The molecule has 3 amide bonds. The molecule has 2 aliphatic rings. The molecule has 46 heavy (non-hydrogen) atoms. The molecule has 6 rings (SSSR count). The van der Waals surface area contributed by atoms with Gasteiger partial charge < -0.3 is 19.2 Å². The number of rotatable bonds is 9. The van der Waals surface area contributed by atoms with E-state index in [4.69, 9.17) is 13.9 Å². The molecule has 236 valence electrons. The van der Waals surface area contributed by atoms with Gasteiger partial charge in [0.2, 0.25) is 17.7 Å². The van der Waals surface area contributed by atoms with E-state index in [0.717, 1.165) is 28.0 Å². The van der Waals surface area contributed by atoms with E-state index in [0.29, 0.717) is 32.6 Å². The van der Waals surface area contributed by atoms with E-state index < -0.39 is 51.6 Å². The first kappa shape index (κ1) is 31.0. The van der Waals surface area contributed by atoms with Gasteiger partial charge in [-0.15, -0.1) is 0 Å². The van der Waals surface area contributed by atoms with Crippen molar-refractivity contribution in [3.05, 3.63) is 98.4 Å². The zero-order valence-corrected chi connectivity index (χ0v) is 26.2. The highest BCUT2D eigenvalue weighted by molar-refractivity contribution is 8.00. The molecule has 12 nitrogen and oxygen atoms in total. The molecule has 2 aliphatic heterocycles. The molecule has 1 fully saturated rings. The van der Waals surface area contributed by atoms with Crippen molar-refractivity contribution in [2.45, 2.75) is 36.6 Å². The quantitative estimate of drug-likeness (QED) is 0.203. The van der Waals surface area contributed by atoms with Crippen molar-refractivity contribution in [3.63, 3.8) is 0 Å². The standard InChI is InChI=1S/C32H27N3O9S2/c1-3-42-30(39)17-7-11-19(12-8-17)33-22(36)16-34-29-26(46-32(34)41)23(21-6-5-15-44-21)24-25(45-29)28(38)35(27(24)37)20-13-9-18(10-14-20)31(40)43-4-2/h5-15,23-25H,3-4,16H2,1-2H3,(H,33,36)/t23-,24?,25?/m1/s1. The minimum Gasteiger partial charge on any atom is -0.469 e. The number of thiazole rings is 1. The lowest BCUT2D eigenvalue weighted by molar-refractivity contribution is -0.122. The van der Waals surface area contributed by atoms with Crippen LogP contribution in [0.4, 0.5) is 11.4 Å². The van der Waals surface area contributed by atoms with Crippen LogP contribution < -0.4 is 15.1 Å². The van der Waals surface area contributed by atoms with Crippen LogP contribution in [0.2, 0.25) is 0 Å². The van der Waals surface area contributed by atoms with Crippen molar-refractivity contribution in [1.29, 1.82) is 0 Å². The Labute approximate surface area is 270 Å². The van der Waals surface area contributed by atoms with Crippen molar-refractivity contribution in [2.75, 3.05) is 23.4 Å². The number of carbonyl (C=O) groups excluding carboxylic acids is 5. The summed E-state index contributed by atoms with van der Waals surface area (Å²) in [6.07, 6.45) is 1.46. The van der Waals surface area contributed by atoms with Crippen molar-refractivity contribution >= 4 is 64.1 Å². The van der Waals surface area contributed by atoms with Crippen LogP contribution in [0.25, 0.3) is 0 Å². The van der Waals surface area contributed by atoms with Gasteiger partial charge in [-0.1, -0.05) is 23.1 Å². The number of amides is 3. The third-order valence-electron chi connectivity index (χ3n) is 7.52. The van der Waals surface area contributed by atoms with E-state index in [1.165, 1.54) is 47.2 Å². The summed E-state index contributed by atoms with van der Waals surface area (Å²) in [5.41, 5.74) is 1.32. The molecule has 4 aromatic rings. The highest BCUT2D eigenvalue weighted by Gasteiger charge is 2.57. The zero-order chi connectivity index (χ0) is 32.5. The molecule has 0 saturated carbocycles. The summed E-state index contributed by atoms with van der Waals surface area (Å²) in [5.74, 6) is -3.65. The first-order valence-corrected chi connectivity index (χ1v) is 16.1. The average molecular weight is 662 g/mol. The fraction of sp³-hybridized carbons (Fsp3) is 0.250. The Morgan fingerprint density at radius 3 is 2.09 bits per heavy atom. The Balaban J connectivity index is 1.28. The number of nitrogens with zero attached hydrogens (tertiary/aromatic N) is 2. The molecular formula is C32H27N3O9S2. The highest BCUT2D eigenvalue weighted by Crippen LogP contribution is 2.53. The number of imide groups is 1. The molecule has 3 atom stereocenters. The Kier molecular flexibility index (Phi) is 8.65. The van der Waals surface area contributed by atoms with E-state index in [1.54, 1.807) is 38.1 Å². The maximum atomic E-state index is 13.9. The Morgan fingerprint density at radius 1 is 0.870 bits per heavy atom. The molecule has 2 aromatic carbocycles. The van der Waals surface area contributed by atoms with Gasteiger partial charge in [-0.05, 0) is 74.5 Å². The second kappa shape index (κ2) is 12.8. The minimum absolute atomic E-state index is 0.208.